The Morgan fingerprint density at radius 3 is 2.57 bits per heavy atom. The van der Waals surface area contributed by atoms with E-state index in [1.54, 1.807) is 11.9 Å². The highest BCUT2D eigenvalue weighted by Gasteiger charge is 2.46. The zero-order valence-electron chi connectivity index (χ0n) is 16.5. The highest BCUT2D eigenvalue weighted by Crippen LogP contribution is 2.44. The number of H-pyrrole nitrogens is 1. The number of nitrogens with zero attached hydrogens (tertiary/aromatic N) is 2. The molecular weight excluding hydrogens is 354 g/mol. The number of carbonyl (C=O) groups is 2. The van der Waals surface area contributed by atoms with Gasteiger partial charge in [0.25, 0.3) is 0 Å². The Hall–Kier alpha value is -2.63. The minimum atomic E-state index is -0.824. The van der Waals surface area contributed by atoms with Crippen molar-refractivity contribution >= 4 is 11.9 Å². The predicted molar refractivity (Wildman–Crippen MR) is 108 cm³/mol. The normalized spacial score (nSPS) is 15.0. The summed E-state index contributed by atoms with van der Waals surface area (Å²) in [6, 6.07) is 12.2. The zero-order valence-corrected chi connectivity index (χ0v) is 16.5. The van der Waals surface area contributed by atoms with E-state index in [-0.39, 0.29) is 12.3 Å². The Labute approximate surface area is 166 Å². The summed E-state index contributed by atoms with van der Waals surface area (Å²) in [7, 11) is 1.78. The standard InChI is InChI=1S/C22H29N3O3/c1-25(20(26)16-22(21(27)28)12-8-13-22)14-7-3-6-11-18-15-19(24-23-18)17-9-4-2-5-10-17/h2,4-5,9-10,15H,3,6-8,11-14,16H2,1H3,(H,23,24)(H,27,28). The third kappa shape index (κ3) is 4.80. The molecule has 3 rings (SSSR count). The number of carboxylic acids is 1. The first-order chi connectivity index (χ1) is 13.5. The molecule has 0 bridgehead atoms. The van der Waals surface area contributed by atoms with Crippen LogP contribution < -0.4 is 0 Å². The van der Waals surface area contributed by atoms with Gasteiger partial charge in [0.15, 0.2) is 0 Å². The van der Waals surface area contributed by atoms with E-state index in [0.717, 1.165) is 49.1 Å². The molecule has 1 aliphatic carbocycles. The third-order valence-corrected chi connectivity index (χ3v) is 5.82. The summed E-state index contributed by atoms with van der Waals surface area (Å²) in [6.45, 7) is 0.673. The maximum Gasteiger partial charge on any atom is 0.310 e. The highest BCUT2D eigenvalue weighted by molar-refractivity contribution is 5.85. The number of unbranched alkanes of at least 4 members (excludes halogenated alkanes) is 2. The van der Waals surface area contributed by atoms with E-state index in [2.05, 4.69) is 16.3 Å². The van der Waals surface area contributed by atoms with E-state index < -0.39 is 11.4 Å². The number of amides is 1. The number of hydrogen-bond donors (Lipinski definition) is 2. The van der Waals surface area contributed by atoms with Gasteiger partial charge in [-0.1, -0.05) is 43.2 Å². The number of hydrogen-bond acceptors (Lipinski definition) is 3. The molecular formula is C22H29N3O3. The van der Waals surface area contributed by atoms with E-state index >= 15 is 0 Å². The first-order valence-electron chi connectivity index (χ1n) is 10.1. The van der Waals surface area contributed by atoms with Gasteiger partial charge in [0.2, 0.25) is 5.91 Å². The lowest BCUT2D eigenvalue weighted by Crippen LogP contribution is -2.43. The molecule has 1 fully saturated rings. The molecule has 1 amide bonds. The molecule has 2 N–H and O–H groups in total. The molecule has 6 heteroatoms. The molecule has 1 heterocycles. The Bertz CT molecular complexity index is 796. The van der Waals surface area contributed by atoms with Crippen LogP contribution in [0.5, 0.6) is 0 Å². The van der Waals surface area contributed by atoms with Gasteiger partial charge in [-0.25, -0.2) is 0 Å². The Balaban J connectivity index is 1.35. The average Bonchev–Trinajstić information content (AvgIpc) is 3.13. The van der Waals surface area contributed by atoms with Crippen molar-refractivity contribution in [3.8, 4) is 11.3 Å². The lowest BCUT2D eigenvalue weighted by Gasteiger charge is -2.38. The fourth-order valence-corrected chi connectivity index (χ4v) is 3.71. The molecule has 1 aliphatic rings. The van der Waals surface area contributed by atoms with Gasteiger partial charge in [-0.2, -0.15) is 5.10 Å². The van der Waals surface area contributed by atoms with Crippen LogP contribution in [0.15, 0.2) is 36.4 Å². The zero-order chi connectivity index (χ0) is 20.0. The second-order valence-electron chi connectivity index (χ2n) is 7.89. The molecule has 1 saturated carbocycles. The molecule has 28 heavy (non-hydrogen) atoms. The molecule has 6 nitrogen and oxygen atoms in total. The number of aromatic amines is 1. The molecule has 1 aromatic heterocycles. The van der Waals surface area contributed by atoms with Crippen molar-refractivity contribution in [1.82, 2.24) is 15.1 Å². The van der Waals surface area contributed by atoms with Crippen molar-refractivity contribution in [2.24, 2.45) is 5.41 Å². The van der Waals surface area contributed by atoms with Gasteiger partial charge in [0.05, 0.1) is 11.1 Å². The van der Waals surface area contributed by atoms with Crippen molar-refractivity contribution < 1.29 is 14.7 Å². The van der Waals surface area contributed by atoms with Crippen molar-refractivity contribution in [2.45, 2.75) is 51.4 Å². The van der Waals surface area contributed by atoms with Crippen LogP contribution >= 0.6 is 0 Å². The molecule has 0 radical (unpaired) electrons. The van der Waals surface area contributed by atoms with Crippen LogP contribution in [0.25, 0.3) is 11.3 Å². The molecule has 0 atom stereocenters. The summed E-state index contributed by atoms with van der Waals surface area (Å²) >= 11 is 0. The molecule has 0 saturated heterocycles. The monoisotopic (exact) mass is 383 g/mol. The summed E-state index contributed by atoms with van der Waals surface area (Å²) in [4.78, 5) is 25.4. The minimum Gasteiger partial charge on any atom is -0.481 e. The van der Waals surface area contributed by atoms with Gasteiger partial charge in [-0.05, 0) is 38.2 Å². The van der Waals surface area contributed by atoms with Gasteiger partial charge in [-0.3, -0.25) is 14.7 Å². The smallest absolute Gasteiger partial charge is 0.310 e. The van der Waals surface area contributed by atoms with Crippen molar-refractivity contribution in [3.63, 3.8) is 0 Å². The maximum absolute atomic E-state index is 12.3. The topological polar surface area (TPSA) is 86.3 Å². The van der Waals surface area contributed by atoms with Crippen molar-refractivity contribution in [1.29, 1.82) is 0 Å². The molecule has 2 aromatic rings. The summed E-state index contributed by atoms with van der Waals surface area (Å²) in [5, 5.41) is 16.8. The number of carbonyl (C=O) groups excluding carboxylic acids is 1. The number of aromatic nitrogens is 2. The quantitative estimate of drug-likeness (QED) is 0.609. The van der Waals surface area contributed by atoms with Crippen molar-refractivity contribution in [3.05, 3.63) is 42.1 Å². The van der Waals surface area contributed by atoms with Gasteiger partial charge in [0, 0.05) is 31.3 Å². The first-order valence-corrected chi connectivity index (χ1v) is 10.1. The second kappa shape index (κ2) is 9.04. The lowest BCUT2D eigenvalue weighted by atomic mass is 9.66. The van der Waals surface area contributed by atoms with Crippen LogP contribution in [0, 0.1) is 5.41 Å². The van der Waals surface area contributed by atoms with Crippen molar-refractivity contribution in [2.75, 3.05) is 13.6 Å². The summed E-state index contributed by atoms with van der Waals surface area (Å²) in [5.41, 5.74) is 2.39. The van der Waals surface area contributed by atoms with Gasteiger partial charge in [-0.15, -0.1) is 0 Å². The number of nitrogens with one attached hydrogen (secondary N) is 1. The molecule has 0 spiro atoms. The molecule has 150 valence electrons. The second-order valence-corrected chi connectivity index (χ2v) is 7.89. The minimum absolute atomic E-state index is 0.0526. The molecule has 0 aliphatic heterocycles. The summed E-state index contributed by atoms with van der Waals surface area (Å²) in [6.07, 6.45) is 6.17. The summed E-state index contributed by atoms with van der Waals surface area (Å²) in [5.74, 6) is -0.877. The number of rotatable bonds is 10. The van der Waals surface area contributed by atoms with Crippen LogP contribution in [-0.2, 0) is 16.0 Å². The van der Waals surface area contributed by atoms with Gasteiger partial charge in [0.1, 0.15) is 0 Å². The predicted octanol–water partition coefficient (Wildman–Crippen LogP) is 3.89. The number of benzene rings is 1. The number of aliphatic carboxylic acids is 1. The van der Waals surface area contributed by atoms with E-state index in [1.807, 2.05) is 30.3 Å². The largest absolute Gasteiger partial charge is 0.481 e. The van der Waals surface area contributed by atoms with Crippen LogP contribution in [0.2, 0.25) is 0 Å². The average molecular weight is 383 g/mol. The van der Waals surface area contributed by atoms with E-state index in [1.165, 1.54) is 0 Å². The third-order valence-electron chi connectivity index (χ3n) is 5.82. The first kappa shape index (κ1) is 20.1. The summed E-state index contributed by atoms with van der Waals surface area (Å²) < 4.78 is 0. The number of carboxylic acid groups (broad SMARTS) is 1. The van der Waals surface area contributed by atoms with E-state index in [9.17, 15) is 14.7 Å². The van der Waals surface area contributed by atoms with Crippen LogP contribution in [0.4, 0.5) is 0 Å². The lowest BCUT2D eigenvalue weighted by molar-refractivity contribution is -0.159. The van der Waals surface area contributed by atoms with Gasteiger partial charge < -0.3 is 10.0 Å². The van der Waals surface area contributed by atoms with Crippen LogP contribution in [-0.4, -0.2) is 45.7 Å². The van der Waals surface area contributed by atoms with E-state index in [0.29, 0.717) is 19.4 Å². The fraction of sp³-hybridized carbons (Fsp3) is 0.500. The Kier molecular flexibility index (Phi) is 6.49. The highest BCUT2D eigenvalue weighted by atomic mass is 16.4. The van der Waals surface area contributed by atoms with Crippen LogP contribution in [0.1, 0.15) is 50.6 Å². The fourth-order valence-electron chi connectivity index (χ4n) is 3.71. The maximum atomic E-state index is 12.3. The van der Waals surface area contributed by atoms with Crippen LogP contribution in [0.3, 0.4) is 0 Å². The Morgan fingerprint density at radius 2 is 1.93 bits per heavy atom. The van der Waals surface area contributed by atoms with E-state index in [4.69, 9.17) is 0 Å². The Morgan fingerprint density at radius 1 is 1.18 bits per heavy atom. The molecule has 1 aromatic carbocycles. The molecule has 0 unspecified atom stereocenters. The van der Waals surface area contributed by atoms with Gasteiger partial charge >= 0.3 is 5.97 Å². The number of aryl methyl sites for hydroxylation is 1. The SMILES string of the molecule is CN(CCCCCc1cc(-c2ccccc2)n[nH]1)C(=O)CC1(C(=O)O)CCC1.